The Morgan fingerprint density at radius 3 is 2.45 bits per heavy atom. The molecule has 1 amide bonds. The smallest absolute Gasteiger partial charge is 0.276 e. The number of halogens is 5. The predicted molar refractivity (Wildman–Crippen MR) is 157 cm³/mol. The highest BCUT2D eigenvalue weighted by atomic mass is 35.5. The lowest BCUT2D eigenvalue weighted by molar-refractivity contribution is -0.137. The second-order valence-corrected chi connectivity index (χ2v) is 11.4. The van der Waals surface area contributed by atoms with Crippen LogP contribution in [-0.4, -0.2) is 34.2 Å². The summed E-state index contributed by atoms with van der Waals surface area (Å²) in [6, 6.07) is 15.3. The largest absolute Gasteiger partial charge is 0.416 e. The molecule has 1 N–H and O–H groups in total. The molecule has 2 aromatic carbocycles. The van der Waals surface area contributed by atoms with Crippen molar-refractivity contribution < 1.29 is 18.0 Å². The summed E-state index contributed by atoms with van der Waals surface area (Å²) >= 11 is 14.0. The first kappa shape index (κ1) is 29.7. The number of amides is 1. The highest BCUT2D eigenvalue weighted by Gasteiger charge is 2.32. The average Bonchev–Trinajstić information content (AvgIpc) is 3.61. The molecule has 42 heavy (non-hydrogen) atoms. The minimum atomic E-state index is -4.41. The maximum absolute atomic E-state index is 14.1. The first-order valence-electron chi connectivity index (χ1n) is 12.9. The van der Waals surface area contributed by atoms with Crippen molar-refractivity contribution in [3.63, 3.8) is 0 Å². The van der Waals surface area contributed by atoms with Gasteiger partial charge in [0.2, 0.25) is 0 Å². The molecule has 1 fully saturated rings. The number of H-pyrrole nitrogens is 1. The van der Waals surface area contributed by atoms with Gasteiger partial charge in [-0.25, -0.2) is 10.0 Å². The topological polar surface area (TPSA) is 76.0 Å². The van der Waals surface area contributed by atoms with Crippen LogP contribution in [0, 0.1) is 23.2 Å². The minimum absolute atomic E-state index is 0.0699. The average molecular weight is 629 g/mol. The normalized spacial score (nSPS) is 13.7. The van der Waals surface area contributed by atoms with E-state index in [1.54, 1.807) is 30.3 Å². The zero-order valence-electron chi connectivity index (χ0n) is 21.9. The summed E-state index contributed by atoms with van der Waals surface area (Å²) in [4.78, 5) is 15.4. The predicted octanol–water partition coefficient (Wildman–Crippen LogP) is 7.98. The molecule has 0 saturated carbocycles. The van der Waals surface area contributed by atoms with E-state index >= 15 is 0 Å². The van der Waals surface area contributed by atoms with Gasteiger partial charge < -0.3 is 0 Å². The number of hydrogen-bond donors (Lipinski definition) is 1. The van der Waals surface area contributed by atoms with E-state index < -0.39 is 17.6 Å². The van der Waals surface area contributed by atoms with Crippen molar-refractivity contribution in [1.82, 2.24) is 15.2 Å². The number of alkyl halides is 3. The number of anilines is 1. The molecule has 1 aliphatic heterocycles. The van der Waals surface area contributed by atoms with Gasteiger partial charge in [-0.05, 0) is 67.4 Å². The van der Waals surface area contributed by atoms with E-state index in [0.717, 1.165) is 31.4 Å². The monoisotopic (exact) mass is 627 g/mol. The van der Waals surface area contributed by atoms with Gasteiger partial charge in [0.05, 0.1) is 44.2 Å². The van der Waals surface area contributed by atoms with Gasteiger partial charge in [0, 0.05) is 29.2 Å². The molecule has 0 radical (unpaired) electrons. The molecule has 0 bridgehead atoms. The Labute approximate surface area is 254 Å². The van der Waals surface area contributed by atoms with Gasteiger partial charge in [-0.15, -0.1) is 11.3 Å². The minimum Gasteiger partial charge on any atom is -0.276 e. The van der Waals surface area contributed by atoms with Crippen LogP contribution in [0.15, 0.2) is 54.6 Å². The van der Waals surface area contributed by atoms with Crippen molar-refractivity contribution in [3.05, 3.63) is 91.9 Å². The summed E-state index contributed by atoms with van der Waals surface area (Å²) < 4.78 is 38.5. The van der Waals surface area contributed by atoms with Crippen LogP contribution in [-0.2, 0) is 12.6 Å². The number of carbonyl (C=O) groups is 1. The summed E-state index contributed by atoms with van der Waals surface area (Å²) in [5.74, 6) is 5.41. The lowest BCUT2D eigenvalue weighted by Gasteiger charge is -2.37. The number of thiophene rings is 1. The Morgan fingerprint density at radius 1 is 1.05 bits per heavy atom. The number of hydrogen-bond acceptors (Lipinski definition) is 5. The highest BCUT2D eigenvalue weighted by molar-refractivity contribution is 7.16. The number of hydrazine groups is 1. The molecule has 0 aliphatic carbocycles. The molecule has 2 aromatic heterocycles. The number of nitrogens with one attached hydrogen (secondary N) is 1. The van der Waals surface area contributed by atoms with E-state index in [1.165, 1.54) is 28.5 Å². The molecular formula is C30H22Cl2F3N5OS. The van der Waals surface area contributed by atoms with Gasteiger partial charge in [-0.3, -0.25) is 9.89 Å². The van der Waals surface area contributed by atoms with Gasteiger partial charge in [-0.1, -0.05) is 41.5 Å². The zero-order chi connectivity index (χ0) is 29.9. The first-order valence-corrected chi connectivity index (χ1v) is 14.5. The Hall–Kier alpha value is -3.80. The summed E-state index contributed by atoms with van der Waals surface area (Å²) in [5, 5.41) is 21.1. The SMILES string of the molecule is N#CCc1c(C(=O)N(c2ccc(Cl)cc2Cl)N2CCCCC2)n[nH]c1-c1ccc(C#Cc2ccc(C(F)(F)F)cc2)s1. The molecule has 0 spiro atoms. The van der Waals surface area contributed by atoms with E-state index in [1.807, 2.05) is 5.01 Å². The van der Waals surface area contributed by atoms with Crippen LogP contribution in [0.1, 0.15) is 51.3 Å². The first-order chi connectivity index (χ1) is 20.2. The number of aromatic amines is 1. The van der Waals surface area contributed by atoms with Crippen molar-refractivity contribution in [2.75, 3.05) is 18.1 Å². The molecular weight excluding hydrogens is 606 g/mol. The van der Waals surface area contributed by atoms with Gasteiger partial charge in [-0.2, -0.15) is 23.5 Å². The molecule has 12 heteroatoms. The van der Waals surface area contributed by atoms with Crippen molar-refractivity contribution in [1.29, 1.82) is 5.26 Å². The molecule has 0 unspecified atom stereocenters. The quantitative estimate of drug-likeness (QED) is 0.228. The lowest BCUT2D eigenvalue weighted by atomic mass is 10.1. The van der Waals surface area contributed by atoms with Crippen LogP contribution in [0.3, 0.4) is 0 Å². The van der Waals surface area contributed by atoms with Crippen LogP contribution in [0.2, 0.25) is 10.0 Å². The van der Waals surface area contributed by atoms with E-state index in [-0.39, 0.29) is 12.1 Å². The van der Waals surface area contributed by atoms with Crippen LogP contribution in [0.4, 0.5) is 18.9 Å². The van der Waals surface area contributed by atoms with Crippen molar-refractivity contribution in [2.45, 2.75) is 31.9 Å². The van der Waals surface area contributed by atoms with Gasteiger partial charge >= 0.3 is 6.18 Å². The van der Waals surface area contributed by atoms with Crippen LogP contribution < -0.4 is 5.01 Å². The number of nitriles is 1. The third-order valence-electron chi connectivity index (χ3n) is 6.67. The molecule has 6 nitrogen and oxygen atoms in total. The molecule has 1 aliphatic rings. The Kier molecular flexibility index (Phi) is 8.91. The van der Waals surface area contributed by atoms with E-state index in [4.69, 9.17) is 23.2 Å². The fourth-order valence-corrected chi connectivity index (χ4v) is 6.00. The Morgan fingerprint density at radius 2 is 1.79 bits per heavy atom. The second-order valence-electron chi connectivity index (χ2n) is 9.48. The maximum Gasteiger partial charge on any atom is 0.416 e. The molecule has 4 aromatic rings. The van der Waals surface area contributed by atoms with E-state index in [0.29, 0.717) is 55.4 Å². The molecule has 214 valence electrons. The fraction of sp³-hybridized carbons (Fsp3) is 0.233. The van der Waals surface area contributed by atoms with Crippen molar-refractivity contribution in [2.24, 2.45) is 0 Å². The number of piperidine rings is 1. The van der Waals surface area contributed by atoms with E-state index in [9.17, 15) is 23.2 Å². The van der Waals surface area contributed by atoms with Crippen LogP contribution in [0.25, 0.3) is 10.6 Å². The summed E-state index contributed by atoms with van der Waals surface area (Å²) in [6.07, 6.45) is -1.60. The molecule has 0 atom stereocenters. The number of carbonyl (C=O) groups excluding carboxylic acids is 1. The highest BCUT2D eigenvalue weighted by Crippen LogP contribution is 2.35. The standard InChI is InChI=1S/C30H22Cl2F3N5OS/c31-21-9-12-25(24(32)18-21)40(39-16-2-1-3-17-39)29(41)28-23(14-15-36)27(37-38-28)26-13-11-22(42-26)10-6-19-4-7-20(8-5-19)30(33,34)35/h4-5,7-9,11-13,18H,1-3,14,16-17H2,(H,37,38). The van der Waals surface area contributed by atoms with Crippen molar-refractivity contribution >= 4 is 46.1 Å². The van der Waals surface area contributed by atoms with Gasteiger partial charge in [0.1, 0.15) is 0 Å². The fourth-order valence-electron chi connectivity index (χ4n) is 4.63. The molecule has 3 heterocycles. The Bertz CT molecular complexity index is 1710. The number of rotatable bonds is 5. The van der Waals surface area contributed by atoms with Gasteiger partial charge in [0.15, 0.2) is 5.69 Å². The number of aromatic nitrogens is 2. The van der Waals surface area contributed by atoms with E-state index in [2.05, 4.69) is 28.1 Å². The van der Waals surface area contributed by atoms with Crippen LogP contribution in [0.5, 0.6) is 0 Å². The zero-order valence-corrected chi connectivity index (χ0v) is 24.3. The lowest BCUT2D eigenvalue weighted by Crippen LogP contribution is -2.49. The Balaban J connectivity index is 1.46. The third kappa shape index (κ3) is 6.48. The van der Waals surface area contributed by atoms with Gasteiger partial charge in [0.25, 0.3) is 5.91 Å². The second kappa shape index (κ2) is 12.6. The maximum atomic E-state index is 14.1. The third-order valence-corrected chi connectivity index (χ3v) is 8.22. The molecule has 1 saturated heterocycles. The van der Waals surface area contributed by atoms with Crippen molar-refractivity contribution in [3.8, 4) is 28.5 Å². The molecule has 5 rings (SSSR count). The number of benzene rings is 2. The van der Waals surface area contributed by atoms with Crippen LogP contribution >= 0.6 is 34.5 Å². The summed E-state index contributed by atoms with van der Waals surface area (Å²) in [5.41, 5.74) is 1.24. The number of nitrogens with zero attached hydrogens (tertiary/aromatic N) is 4. The summed E-state index contributed by atoms with van der Waals surface area (Å²) in [6.45, 7) is 1.31. The summed E-state index contributed by atoms with van der Waals surface area (Å²) in [7, 11) is 0.